The van der Waals surface area contributed by atoms with Gasteiger partial charge in [0.05, 0.1) is 25.5 Å². The number of aryl methyl sites for hydroxylation is 1. The van der Waals surface area contributed by atoms with E-state index in [9.17, 15) is 4.79 Å². The van der Waals surface area contributed by atoms with Gasteiger partial charge >= 0.3 is 0 Å². The average molecular weight is 273 g/mol. The molecule has 0 saturated carbocycles. The standard InChI is InChI=1S/C13H15N5O2/c1-17(7-9-4-3-5-20-9)8-11-15-12-10(13(19)16-11)6-14-18(12)2/h3-6H,7-8H2,1-2H3,(H,15,16,19). The topological polar surface area (TPSA) is 80.0 Å². The zero-order valence-electron chi connectivity index (χ0n) is 11.3. The van der Waals surface area contributed by atoms with Crippen LogP contribution in [0.1, 0.15) is 11.6 Å². The van der Waals surface area contributed by atoms with Crippen molar-refractivity contribution in [1.29, 1.82) is 0 Å². The summed E-state index contributed by atoms with van der Waals surface area (Å²) in [5.74, 6) is 1.48. The summed E-state index contributed by atoms with van der Waals surface area (Å²) in [4.78, 5) is 21.2. The summed E-state index contributed by atoms with van der Waals surface area (Å²) < 4.78 is 6.89. The van der Waals surface area contributed by atoms with E-state index < -0.39 is 0 Å². The van der Waals surface area contributed by atoms with Crippen molar-refractivity contribution < 1.29 is 4.42 Å². The van der Waals surface area contributed by atoms with Crippen molar-refractivity contribution in [3.8, 4) is 0 Å². The van der Waals surface area contributed by atoms with Gasteiger partial charge in [-0.05, 0) is 19.2 Å². The zero-order chi connectivity index (χ0) is 14.1. The number of aromatic nitrogens is 4. The Balaban J connectivity index is 1.83. The van der Waals surface area contributed by atoms with Gasteiger partial charge in [0.15, 0.2) is 5.65 Å². The average Bonchev–Trinajstić information content (AvgIpc) is 3.00. The fourth-order valence-electron chi connectivity index (χ4n) is 2.13. The first kappa shape index (κ1) is 12.6. The van der Waals surface area contributed by atoms with Crippen LogP contribution in [-0.2, 0) is 20.1 Å². The van der Waals surface area contributed by atoms with Gasteiger partial charge in [-0.15, -0.1) is 0 Å². The summed E-state index contributed by atoms with van der Waals surface area (Å²) in [7, 11) is 3.71. The van der Waals surface area contributed by atoms with Gasteiger partial charge in [-0.25, -0.2) is 4.98 Å². The third kappa shape index (κ3) is 2.35. The third-order valence-electron chi connectivity index (χ3n) is 3.08. The van der Waals surface area contributed by atoms with E-state index in [1.807, 2.05) is 24.1 Å². The molecule has 3 rings (SSSR count). The highest BCUT2D eigenvalue weighted by Crippen LogP contribution is 2.08. The molecule has 7 heteroatoms. The van der Waals surface area contributed by atoms with Crippen LogP contribution in [0.5, 0.6) is 0 Å². The lowest BCUT2D eigenvalue weighted by atomic mass is 10.4. The minimum Gasteiger partial charge on any atom is -0.468 e. The third-order valence-corrected chi connectivity index (χ3v) is 3.08. The maximum absolute atomic E-state index is 11.9. The predicted molar refractivity (Wildman–Crippen MR) is 73.0 cm³/mol. The van der Waals surface area contributed by atoms with E-state index >= 15 is 0 Å². The first-order chi connectivity index (χ1) is 9.63. The quantitative estimate of drug-likeness (QED) is 0.763. The second kappa shape index (κ2) is 4.93. The van der Waals surface area contributed by atoms with Gasteiger partial charge in [0.25, 0.3) is 5.56 Å². The highest BCUT2D eigenvalue weighted by molar-refractivity contribution is 5.72. The highest BCUT2D eigenvalue weighted by atomic mass is 16.3. The van der Waals surface area contributed by atoms with E-state index in [2.05, 4.69) is 15.1 Å². The van der Waals surface area contributed by atoms with Gasteiger partial charge in [0.1, 0.15) is 17.0 Å². The first-order valence-corrected chi connectivity index (χ1v) is 6.25. The second-order valence-electron chi connectivity index (χ2n) is 4.77. The summed E-state index contributed by atoms with van der Waals surface area (Å²) in [6.45, 7) is 1.18. The van der Waals surface area contributed by atoms with Crippen molar-refractivity contribution in [2.45, 2.75) is 13.1 Å². The van der Waals surface area contributed by atoms with Gasteiger partial charge in [-0.3, -0.25) is 14.4 Å². The molecule has 3 aromatic heterocycles. The molecular weight excluding hydrogens is 258 g/mol. The lowest BCUT2D eigenvalue weighted by molar-refractivity contribution is 0.281. The molecule has 3 heterocycles. The number of aromatic amines is 1. The number of nitrogens with zero attached hydrogens (tertiary/aromatic N) is 4. The molecule has 0 radical (unpaired) electrons. The Morgan fingerprint density at radius 2 is 2.30 bits per heavy atom. The molecule has 0 amide bonds. The lowest BCUT2D eigenvalue weighted by Gasteiger charge is -2.14. The number of nitrogens with one attached hydrogen (secondary N) is 1. The SMILES string of the molecule is CN(Cc1nc2c(cnn2C)c(=O)[nH]1)Cc1ccco1. The van der Waals surface area contributed by atoms with Crippen LogP contribution in [-0.4, -0.2) is 31.7 Å². The lowest BCUT2D eigenvalue weighted by Crippen LogP contribution is -2.21. The van der Waals surface area contributed by atoms with Crippen LogP contribution in [0, 0.1) is 0 Å². The molecule has 0 fully saturated rings. The Bertz CT molecular complexity index is 772. The monoisotopic (exact) mass is 273 g/mol. The predicted octanol–water partition coefficient (Wildman–Crippen LogP) is 0.882. The van der Waals surface area contributed by atoms with Crippen molar-refractivity contribution in [3.63, 3.8) is 0 Å². The largest absolute Gasteiger partial charge is 0.468 e. The van der Waals surface area contributed by atoms with Crippen molar-refractivity contribution in [3.05, 3.63) is 46.5 Å². The Morgan fingerprint density at radius 1 is 1.45 bits per heavy atom. The molecule has 0 aliphatic carbocycles. The molecule has 7 nitrogen and oxygen atoms in total. The summed E-state index contributed by atoms with van der Waals surface area (Å²) in [5.41, 5.74) is 0.430. The van der Waals surface area contributed by atoms with E-state index in [0.717, 1.165) is 5.76 Å². The number of hydrogen-bond acceptors (Lipinski definition) is 5. The Kier molecular flexibility index (Phi) is 3.11. The van der Waals surface area contributed by atoms with E-state index in [4.69, 9.17) is 4.42 Å². The van der Waals surface area contributed by atoms with Gasteiger partial charge in [-0.1, -0.05) is 0 Å². The van der Waals surface area contributed by atoms with Crippen LogP contribution >= 0.6 is 0 Å². The molecule has 0 saturated heterocycles. The molecule has 0 aromatic carbocycles. The van der Waals surface area contributed by atoms with Gasteiger partial charge < -0.3 is 9.40 Å². The van der Waals surface area contributed by atoms with E-state index in [0.29, 0.717) is 29.9 Å². The number of hydrogen-bond donors (Lipinski definition) is 1. The first-order valence-electron chi connectivity index (χ1n) is 6.25. The number of fused-ring (bicyclic) bond motifs is 1. The van der Waals surface area contributed by atoms with Crippen LogP contribution in [0.25, 0.3) is 11.0 Å². The molecule has 0 spiro atoms. The van der Waals surface area contributed by atoms with Crippen molar-refractivity contribution in [2.24, 2.45) is 7.05 Å². The fourth-order valence-corrected chi connectivity index (χ4v) is 2.13. The zero-order valence-corrected chi connectivity index (χ0v) is 11.3. The van der Waals surface area contributed by atoms with Gasteiger partial charge in [0.2, 0.25) is 0 Å². The summed E-state index contributed by atoms with van der Waals surface area (Å²) in [6.07, 6.45) is 3.17. The molecular formula is C13H15N5O2. The number of furan rings is 1. The number of rotatable bonds is 4. The molecule has 104 valence electrons. The summed E-state index contributed by atoms with van der Waals surface area (Å²) in [6, 6.07) is 3.77. The van der Waals surface area contributed by atoms with E-state index in [1.54, 1.807) is 18.0 Å². The second-order valence-corrected chi connectivity index (χ2v) is 4.77. The van der Waals surface area contributed by atoms with E-state index in [-0.39, 0.29) is 5.56 Å². The van der Waals surface area contributed by atoms with Crippen LogP contribution in [0.2, 0.25) is 0 Å². The Labute approximate surface area is 114 Å². The van der Waals surface area contributed by atoms with Crippen LogP contribution in [0.3, 0.4) is 0 Å². The molecule has 0 unspecified atom stereocenters. The van der Waals surface area contributed by atoms with Crippen LogP contribution in [0.4, 0.5) is 0 Å². The molecule has 0 aliphatic heterocycles. The van der Waals surface area contributed by atoms with Crippen molar-refractivity contribution >= 4 is 11.0 Å². The number of H-pyrrole nitrogens is 1. The van der Waals surface area contributed by atoms with Crippen LogP contribution < -0.4 is 5.56 Å². The molecule has 0 aliphatic rings. The van der Waals surface area contributed by atoms with Gasteiger partial charge in [-0.2, -0.15) is 5.10 Å². The molecule has 1 N–H and O–H groups in total. The Hall–Kier alpha value is -2.41. The van der Waals surface area contributed by atoms with Gasteiger partial charge in [0, 0.05) is 7.05 Å². The summed E-state index contributed by atoms with van der Waals surface area (Å²) in [5, 5.41) is 4.55. The smallest absolute Gasteiger partial charge is 0.262 e. The normalized spacial score (nSPS) is 11.6. The Morgan fingerprint density at radius 3 is 3.05 bits per heavy atom. The maximum atomic E-state index is 11.9. The summed E-state index contributed by atoms with van der Waals surface area (Å²) >= 11 is 0. The van der Waals surface area contributed by atoms with Crippen molar-refractivity contribution in [2.75, 3.05) is 7.05 Å². The maximum Gasteiger partial charge on any atom is 0.262 e. The molecule has 0 atom stereocenters. The van der Waals surface area contributed by atoms with E-state index in [1.165, 1.54) is 6.20 Å². The molecule has 0 bridgehead atoms. The van der Waals surface area contributed by atoms with Crippen molar-refractivity contribution in [1.82, 2.24) is 24.6 Å². The highest BCUT2D eigenvalue weighted by Gasteiger charge is 2.10. The molecule has 20 heavy (non-hydrogen) atoms. The fraction of sp³-hybridized carbons (Fsp3) is 0.308. The minimum atomic E-state index is -0.163. The van der Waals surface area contributed by atoms with Crippen LogP contribution in [0.15, 0.2) is 33.8 Å². The molecule has 3 aromatic rings. The minimum absolute atomic E-state index is 0.163.